The fourth-order valence-corrected chi connectivity index (χ4v) is 3.04. The number of H-pyrrole nitrogens is 1. The lowest BCUT2D eigenvalue weighted by Crippen LogP contribution is -2.23. The quantitative estimate of drug-likeness (QED) is 0.349. The maximum absolute atomic E-state index is 12.4. The Morgan fingerprint density at radius 1 is 1.16 bits per heavy atom. The normalized spacial score (nSPS) is 10.4. The van der Waals surface area contributed by atoms with Crippen LogP contribution in [0.5, 0.6) is 5.75 Å². The van der Waals surface area contributed by atoms with Crippen molar-refractivity contribution >= 4 is 41.0 Å². The summed E-state index contributed by atoms with van der Waals surface area (Å²) in [7, 11) is 0. The van der Waals surface area contributed by atoms with Gasteiger partial charge in [-0.25, -0.2) is 9.78 Å². The van der Waals surface area contributed by atoms with E-state index in [-0.39, 0.29) is 30.4 Å². The van der Waals surface area contributed by atoms with E-state index in [1.54, 1.807) is 49.4 Å². The number of primary amides is 1. The van der Waals surface area contributed by atoms with Crippen LogP contribution in [-0.2, 0) is 17.8 Å². The minimum Gasteiger partial charge on any atom is -0.486 e. The topological polar surface area (TPSA) is 159 Å². The monoisotopic (exact) mass is 457 g/mol. The molecule has 0 aliphatic heterocycles. The Morgan fingerprint density at radius 2 is 1.88 bits per heavy atom. The van der Waals surface area contributed by atoms with Crippen LogP contribution in [0.25, 0.3) is 0 Å². The number of ether oxygens (including phenoxy) is 1. The molecule has 32 heavy (non-hydrogen) atoms. The van der Waals surface area contributed by atoms with Crippen molar-refractivity contribution in [2.24, 2.45) is 5.73 Å². The average molecular weight is 458 g/mol. The molecule has 10 nitrogen and oxygen atoms in total. The number of aromatic nitrogens is 2. The Hall–Kier alpha value is -4.05. The van der Waals surface area contributed by atoms with E-state index in [1.165, 1.54) is 0 Å². The third-order valence-corrected chi connectivity index (χ3v) is 4.56. The first-order valence-electron chi connectivity index (χ1n) is 9.37. The number of aryl methyl sites for hydroxylation is 1. The lowest BCUT2D eigenvalue weighted by atomic mass is 10.1. The highest BCUT2D eigenvalue weighted by molar-refractivity contribution is 6.30. The molecular weight excluding hydrogens is 438 g/mol. The van der Waals surface area contributed by atoms with Crippen molar-refractivity contribution in [3.8, 4) is 5.75 Å². The molecular formula is C21H20ClN5O5. The number of imidazole rings is 1. The number of carboxylic acids is 1. The number of amides is 3. The van der Waals surface area contributed by atoms with Gasteiger partial charge in [-0.3, -0.25) is 14.9 Å². The van der Waals surface area contributed by atoms with Crippen molar-refractivity contribution in [2.45, 2.75) is 20.0 Å². The summed E-state index contributed by atoms with van der Waals surface area (Å²) in [5, 5.41) is 14.5. The number of hydrogen-bond acceptors (Lipinski definition) is 5. The van der Waals surface area contributed by atoms with E-state index in [9.17, 15) is 14.4 Å². The Kier molecular flexibility index (Phi) is 6.96. The van der Waals surface area contributed by atoms with E-state index in [2.05, 4.69) is 20.6 Å². The third-order valence-electron chi connectivity index (χ3n) is 4.32. The van der Waals surface area contributed by atoms with Crippen molar-refractivity contribution in [2.75, 3.05) is 10.6 Å². The van der Waals surface area contributed by atoms with Crippen molar-refractivity contribution in [3.63, 3.8) is 0 Å². The van der Waals surface area contributed by atoms with Gasteiger partial charge in [-0.05, 0) is 48.4 Å². The first kappa shape index (κ1) is 22.6. The fraction of sp³-hybridized carbons (Fsp3) is 0.143. The highest BCUT2D eigenvalue weighted by Crippen LogP contribution is 2.21. The number of aromatic amines is 1. The number of nitrogens with one attached hydrogen (secondary N) is 3. The molecule has 0 saturated carbocycles. The number of rotatable bonds is 8. The molecule has 0 spiro atoms. The highest BCUT2D eigenvalue weighted by atomic mass is 35.5. The van der Waals surface area contributed by atoms with Crippen molar-refractivity contribution in [1.82, 2.24) is 9.97 Å². The van der Waals surface area contributed by atoms with Gasteiger partial charge in [-0.2, -0.15) is 0 Å². The van der Waals surface area contributed by atoms with E-state index >= 15 is 0 Å². The van der Waals surface area contributed by atoms with Crippen LogP contribution in [0.4, 0.5) is 16.3 Å². The van der Waals surface area contributed by atoms with Gasteiger partial charge < -0.3 is 25.9 Å². The number of carbonyl (C=O) groups is 3. The van der Waals surface area contributed by atoms with Gasteiger partial charge >= 0.3 is 12.0 Å². The van der Waals surface area contributed by atoms with Crippen molar-refractivity contribution < 1.29 is 24.2 Å². The molecule has 1 aromatic heterocycles. The molecule has 3 aromatic rings. The predicted octanol–water partition coefficient (Wildman–Crippen LogP) is 3.32. The second-order valence-corrected chi connectivity index (χ2v) is 7.25. The van der Waals surface area contributed by atoms with E-state index in [0.29, 0.717) is 22.0 Å². The number of nitrogens with two attached hydrogens (primary N) is 1. The number of urea groups is 1. The molecule has 0 bridgehead atoms. The van der Waals surface area contributed by atoms with Crippen LogP contribution in [0, 0.1) is 6.92 Å². The smallest absolute Gasteiger partial charge is 0.324 e. The SMILES string of the molecule is Cc1cc(Cl)ccc1NC(=O)Nc1nc(COc2ccc(CC(=O)O)cc2)[nH]c1C(N)=O. The zero-order valence-electron chi connectivity index (χ0n) is 16.9. The van der Waals surface area contributed by atoms with Crippen LogP contribution >= 0.6 is 11.6 Å². The lowest BCUT2D eigenvalue weighted by molar-refractivity contribution is -0.136. The number of aliphatic carboxylic acids is 1. The summed E-state index contributed by atoms with van der Waals surface area (Å²) in [6.07, 6.45) is -0.0902. The molecule has 0 aliphatic rings. The molecule has 0 fully saturated rings. The molecule has 2 aromatic carbocycles. The van der Waals surface area contributed by atoms with Gasteiger partial charge in [0.15, 0.2) is 5.82 Å². The number of carbonyl (C=O) groups excluding carboxylic acids is 2. The first-order chi connectivity index (χ1) is 15.2. The second kappa shape index (κ2) is 9.84. The zero-order chi connectivity index (χ0) is 23.3. The van der Waals surface area contributed by atoms with Crippen LogP contribution in [0.2, 0.25) is 5.02 Å². The predicted molar refractivity (Wildman–Crippen MR) is 118 cm³/mol. The number of benzene rings is 2. The zero-order valence-corrected chi connectivity index (χ0v) is 17.7. The number of nitrogens with zero attached hydrogens (tertiary/aromatic N) is 1. The third kappa shape index (κ3) is 5.99. The summed E-state index contributed by atoms with van der Waals surface area (Å²) in [5.74, 6) is -1.05. The van der Waals surface area contributed by atoms with E-state index in [1.807, 2.05) is 0 Å². The van der Waals surface area contributed by atoms with Gasteiger partial charge in [0, 0.05) is 10.7 Å². The van der Waals surface area contributed by atoms with Crippen molar-refractivity contribution in [3.05, 3.63) is 70.1 Å². The summed E-state index contributed by atoms with van der Waals surface area (Å²) in [5.41, 5.74) is 7.22. The Bertz CT molecular complexity index is 1160. The van der Waals surface area contributed by atoms with Gasteiger partial charge in [0.05, 0.1) is 6.42 Å². The highest BCUT2D eigenvalue weighted by Gasteiger charge is 2.18. The van der Waals surface area contributed by atoms with E-state index in [0.717, 1.165) is 5.56 Å². The Balaban J connectivity index is 1.66. The maximum Gasteiger partial charge on any atom is 0.324 e. The Morgan fingerprint density at radius 3 is 2.50 bits per heavy atom. The van der Waals surface area contributed by atoms with E-state index < -0.39 is 17.9 Å². The maximum atomic E-state index is 12.4. The molecule has 0 saturated heterocycles. The lowest BCUT2D eigenvalue weighted by Gasteiger charge is -2.09. The number of carboxylic acid groups (broad SMARTS) is 1. The van der Waals surface area contributed by atoms with Gasteiger partial charge in [-0.1, -0.05) is 23.7 Å². The summed E-state index contributed by atoms with van der Waals surface area (Å²) in [6, 6.07) is 10.9. The molecule has 3 rings (SSSR count). The van der Waals surface area contributed by atoms with Crippen LogP contribution in [0.1, 0.15) is 27.4 Å². The molecule has 11 heteroatoms. The van der Waals surface area contributed by atoms with Crippen LogP contribution < -0.4 is 21.1 Å². The molecule has 0 radical (unpaired) electrons. The van der Waals surface area contributed by atoms with Crippen LogP contribution in [0.15, 0.2) is 42.5 Å². The standard InChI is InChI=1S/C21H20ClN5O5/c1-11-8-13(22)4-7-15(11)24-21(31)27-20-18(19(23)30)25-16(26-20)10-32-14-5-2-12(3-6-14)9-17(28)29/h2-8H,9-10H2,1H3,(H2,23,30)(H,25,26)(H,28,29)(H2,24,27,31). The molecule has 1 heterocycles. The second-order valence-electron chi connectivity index (χ2n) is 6.81. The van der Waals surface area contributed by atoms with Crippen LogP contribution in [-0.4, -0.2) is 33.0 Å². The first-order valence-corrected chi connectivity index (χ1v) is 9.75. The Labute approximate surface area is 187 Å². The molecule has 166 valence electrons. The summed E-state index contributed by atoms with van der Waals surface area (Å²) < 4.78 is 5.59. The fourth-order valence-electron chi connectivity index (χ4n) is 2.82. The number of anilines is 2. The summed E-state index contributed by atoms with van der Waals surface area (Å²) in [4.78, 5) is 41.7. The van der Waals surface area contributed by atoms with Gasteiger partial charge in [0.25, 0.3) is 5.91 Å². The molecule has 0 atom stereocenters. The minimum absolute atomic E-state index is 0.0435. The summed E-state index contributed by atoms with van der Waals surface area (Å²) in [6.45, 7) is 1.74. The van der Waals surface area contributed by atoms with Gasteiger partial charge in [0.1, 0.15) is 23.9 Å². The van der Waals surface area contributed by atoms with E-state index in [4.69, 9.17) is 27.2 Å². The van der Waals surface area contributed by atoms with Gasteiger partial charge in [0.2, 0.25) is 0 Å². The average Bonchev–Trinajstić information content (AvgIpc) is 3.12. The molecule has 3 amide bonds. The molecule has 0 unspecified atom stereocenters. The largest absolute Gasteiger partial charge is 0.486 e. The molecule has 0 aliphatic carbocycles. The number of hydrogen-bond donors (Lipinski definition) is 5. The van der Waals surface area contributed by atoms with Crippen molar-refractivity contribution in [1.29, 1.82) is 0 Å². The summed E-state index contributed by atoms with van der Waals surface area (Å²) >= 11 is 5.91. The van der Waals surface area contributed by atoms with Gasteiger partial charge in [-0.15, -0.1) is 0 Å². The minimum atomic E-state index is -0.927. The number of halogens is 1. The van der Waals surface area contributed by atoms with Crippen LogP contribution in [0.3, 0.4) is 0 Å². The molecule has 6 N–H and O–H groups in total.